The zero-order valence-electron chi connectivity index (χ0n) is 21.0. The van der Waals surface area contributed by atoms with Crippen molar-refractivity contribution in [2.75, 3.05) is 6.54 Å². The second-order valence-corrected chi connectivity index (χ2v) is 10.4. The Labute approximate surface area is 179 Å². The van der Waals surface area contributed by atoms with Gasteiger partial charge in [-0.15, -0.1) is 0 Å². The number of hydrogen-bond acceptors (Lipinski definition) is 1. The molecular weight excluding hydrogens is 338 g/mol. The summed E-state index contributed by atoms with van der Waals surface area (Å²) >= 11 is 0. The average molecular weight is 394 g/mol. The maximum absolute atomic E-state index is 2.88. The van der Waals surface area contributed by atoms with Gasteiger partial charge in [-0.1, -0.05) is 86.0 Å². The van der Waals surface area contributed by atoms with E-state index in [0.29, 0.717) is 6.04 Å². The molecule has 2 aliphatic rings. The lowest BCUT2D eigenvalue weighted by Gasteiger charge is -2.45. The van der Waals surface area contributed by atoms with E-state index in [2.05, 4.69) is 46.4 Å². The predicted octanol–water partition coefficient (Wildman–Crippen LogP) is 8.57. The molecule has 6 unspecified atom stereocenters. The summed E-state index contributed by atoms with van der Waals surface area (Å²) in [6.45, 7) is 20.1. The number of nitrogens with zero attached hydrogens (tertiary/aromatic N) is 1. The second kappa shape index (κ2) is 14.1. The first-order chi connectivity index (χ1) is 13.4. The molecule has 0 aromatic rings. The molecule has 6 atom stereocenters. The van der Waals surface area contributed by atoms with Crippen LogP contribution in [0.25, 0.3) is 0 Å². The molecule has 0 aliphatic heterocycles. The van der Waals surface area contributed by atoms with Crippen molar-refractivity contribution in [3.8, 4) is 0 Å². The van der Waals surface area contributed by atoms with Gasteiger partial charge in [-0.25, -0.2) is 0 Å². The lowest BCUT2D eigenvalue weighted by molar-refractivity contribution is 0.0411. The Morgan fingerprint density at radius 2 is 1.46 bits per heavy atom. The third-order valence-electron chi connectivity index (χ3n) is 8.10. The maximum atomic E-state index is 2.88. The normalized spacial score (nSPS) is 28.3. The highest BCUT2D eigenvalue weighted by molar-refractivity contribution is 4.88. The minimum atomic E-state index is 0.687. The van der Waals surface area contributed by atoms with Gasteiger partial charge >= 0.3 is 0 Å². The summed E-state index contributed by atoms with van der Waals surface area (Å²) in [6.07, 6.45) is 16.1. The zero-order chi connectivity index (χ0) is 21.1. The molecule has 0 bridgehead atoms. The van der Waals surface area contributed by atoms with Gasteiger partial charge in [0.15, 0.2) is 0 Å². The maximum Gasteiger partial charge on any atom is 0.00723 e. The van der Waals surface area contributed by atoms with E-state index < -0.39 is 0 Å². The first-order valence-electron chi connectivity index (χ1n) is 13.2. The van der Waals surface area contributed by atoms with E-state index >= 15 is 0 Å². The fourth-order valence-electron chi connectivity index (χ4n) is 6.19. The Morgan fingerprint density at radius 3 is 2.11 bits per heavy atom. The molecule has 1 heteroatoms. The molecule has 0 saturated heterocycles. The van der Waals surface area contributed by atoms with E-state index in [-0.39, 0.29) is 0 Å². The van der Waals surface area contributed by atoms with Gasteiger partial charge in [-0.2, -0.15) is 0 Å². The van der Waals surface area contributed by atoms with E-state index in [9.17, 15) is 0 Å². The molecule has 0 aromatic carbocycles. The summed E-state index contributed by atoms with van der Waals surface area (Å²) in [5.74, 6) is 4.83. The van der Waals surface area contributed by atoms with E-state index in [1.807, 2.05) is 13.8 Å². The largest absolute Gasteiger partial charge is 0.298 e. The van der Waals surface area contributed by atoms with E-state index in [0.717, 1.165) is 35.6 Å². The molecule has 2 aliphatic carbocycles. The van der Waals surface area contributed by atoms with Crippen LogP contribution in [0.15, 0.2) is 0 Å². The predicted molar refractivity (Wildman–Crippen MR) is 128 cm³/mol. The molecule has 2 rings (SSSR count). The molecule has 2 fully saturated rings. The molecule has 0 spiro atoms. The van der Waals surface area contributed by atoms with Crippen molar-refractivity contribution in [1.29, 1.82) is 0 Å². The van der Waals surface area contributed by atoms with Crippen LogP contribution in [-0.2, 0) is 0 Å². The summed E-state index contributed by atoms with van der Waals surface area (Å²) in [5, 5.41) is 0. The van der Waals surface area contributed by atoms with Gasteiger partial charge in [0.1, 0.15) is 0 Å². The third-order valence-corrected chi connectivity index (χ3v) is 8.10. The standard InChI is InChI=1S/C25H49N.C2H6/c1-7-8-12-20(4)21(5)17-22(6)26(19(2)3)18-24-15-11-14-23-13-9-10-16-25(23)24;1-2/h19-25H,7-18H2,1-6H3;1-2H3. The minimum Gasteiger partial charge on any atom is -0.298 e. The molecule has 0 heterocycles. The Hall–Kier alpha value is -0.0400. The summed E-state index contributed by atoms with van der Waals surface area (Å²) in [4.78, 5) is 2.88. The number of hydrogen-bond donors (Lipinski definition) is 0. The summed E-state index contributed by atoms with van der Waals surface area (Å²) in [5.41, 5.74) is 0. The Kier molecular flexibility index (Phi) is 13.0. The lowest BCUT2D eigenvalue weighted by atomic mass is 9.65. The van der Waals surface area contributed by atoms with Crippen LogP contribution in [0.3, 0.4) is 0 Å². The molecule has 0 aromatic heterocycles. The molecule has 2 saturated carbocycles. The van der Waals surface area contributed by atoms with Gasteiger partial charge in [-0.3, -0.25) is 4.90 Å². The lowest BCUT2D eigenvalue weighted by Crippen LogP contribution is -2.46. The van der Waals surface area contributed by atoms with Crippen LogP contribution in [-0.4, -0.2) is 23.5 Å². The van der Waals surface area contributed by atoms with Crippen molar-refractivity contribution in [2.24, 2.45) is 29.6 Å². The first-order valence-corrected chi connectivity index (χ1v) is 13.2. The van der Waals surface area contributed by atoms with Gasteiger partial charge < -0.3 is 0 Å². The van der Waals surface area contributed by atoms with Gasteiger partial charge in [0.05, 0.1) is 0 Å². The molecule has 168 valence electrons. The molecule has 0 N–H and O–H groups in total. The smallest absolute Gasteiger partial charge is 0.00723 e. The van der Waals surface area contributed by atoms with Crippen LogP contribution < -0.4 is 0 Å². The van der Waals surface area contributed by atoms with E-state index in [1.165, 1.54) is 77.2 Å². The van der Waals surface area contributed by atoms with Crippen molar-refractivity contribution in [3.63, 3.8) is 0 Å². The van der Waals surface area contributed by atoms with Gasteiger partial charge in [0, 0.05) is 18.6 Å². The third kappa shape index (κ3) is 8.00. The second-order valence-electron chi connectivity index (χ2n) is 10.4. The SMILES string of the molecule is CC.CCCCC(C)C(C)CC(C)N(CC1CCCC2CCCCC21)C(C)C. The fourth-order valence-corrected chi connectivity index (χ4v) is 6.19. The zero-order valence-corrected chi connectivity index (χ0v) is 21.0. The van der Waals surface area contributed by atoms with Crippen LogP contribution in [0, 0.1) is 29.6 Å². The Bertz CT molecular complexity index is 374. The number of unbranched alkanes of at least 4 members (excludes halogenated alkanes) is 1. The number of fused-ring (bicyclic) bond motifs is 1. The van der Waals surface area contributed by atoms with Crippen molar-refractivity contribution >= 4 is 0 Å². The molecule has 1 nitrogen and oxygen atoms in total. The number of rotatable bonds is 10. The van der Waals surface area contributed by atoms with Crippen LogP contribution in [0.2, 0.25) is 0 Å². The quantitative estimate of drug-likeness (QED) is 0.359. The summed E-state index contributed by atoms with van der Waals surface area (Å²) in [7, 11) is 0. The van der Waals surface area contributed by atoms with Crippen LogP contribution in [0.5, 0.6) is 0 Å². The molecule has 0 radical (unpaired) electrons. The Balaban J connectivity index is 0.00000190. The van der Waals surface area contributed by atoms with Crippen molar-refractivity contribution in [3.05, 3.63) is 0 Å². The van der Waals surface area contributed by atoms with E-state index in [4.69, 9.17) is 0 Å². The molecule has 28 heavy (non-hydrogen) atoms. The molecular formula is C27H55N. The summed E-state index contributed by atoms with van der Waals surface area (Å²) in [6, 6.07) is 1.42. The Morgan fingerprint density at radius 1 is 0.821 bits per heavy atom. The fraction of sp³-hybridized carbons (Fsp3) is 1.00. The monoisotopic (exact) mass is 393 g/mol. The highest BCUT2D eigenvalue weighted by atomic mass is 15.2. The average Bonchev–Trinajstić information content (AvgIpc) is 2.71. The minimum absolute atomic E-state index is 0.687. The van der Waals surface area contributed by atoms with Gasteiger partial charge in [0.2, 0.25) is 0 Å². The van der Waals surface area contributed by atoms with E-state index in [1.54, 1.807) is 0 Å². The van der Waals surface area contributed by atoms with Crippen molar-refractivity contribution < 1.29 is 0 Å². The first kappa shape index (κ1) is 26.0. The molecule has 0 amide bonds. The van der Waals surface area contributed by atoms with Crippen LogP contribution >= 0.6 is 0 Å². The highest BCUT2D eigenvalue weighted by Crippen LogP contribution is 2.44. The van der Waals surface area contributed by atoms with Gasteiger partial charge in [0.25, 0.3) is 0 Å². The van der Waals surface area contributed by atoms with Gasteiger partial charge in [-0.05, 0) is 69.6 Å². The topological polar surface area (TPSA) is 3.24 Å². The van der Waals surface area contributed by atoms with Crippen LogP contribution in [0.4, 0.5) is 0 Å². The highest BCUT2D eigenvalue weighted by Gasteiger charge is 2.36. The summed E-state index contributed by atoms with van der Waals surface area (Å²) < 4.78 is 0. The van der Waals surface area contributed by atoms with Crippen LogP contribution in [0.1, 0.15) is 126 Å². The van der Waals surface area contributed by atoms with Crippen molar-refractivity contribution in [1.82, 2.24) is 4.90 Å². The van der Waals surface area contributed by atoms with Crippen molar-refractivity contribution in [2.45, 2.75) is 138 Å².